The number of carbonyl (C=O) groups excluding carboxylic acids is 1. The standard InChI is InChI=1S/C8H14O4.Na/c9-7(8(10)11)4-3-6-2-1-5-12-6;/h6-7,9H,1-5H2,(H,10,11);/q;+1/p-1. The molecular weight excluding hydrogens is 183 g/mol. The minimum absolute atomic E-state index is 0. The molecule has 0 spiro atoms. The third-order valence-corrected chi connectivity index (χ3v) is 2.06. The Labute approximate surface area is 99.6 Å². The van der Waals surface area contributed by atoms with Crippen LogP contribution in [-0.2, 0) is 9.53 Å². The second-order valence-electron chi connectivity index (χ2n) is 3.05. The van der Waals surface area contributed by atoms with E-state index < -0.39 is 12.1 Å². The minimum atomic E-state index is -1.40. The molecule has 2 unspecified atom stereocenters. The quantitative estimate of drug-likeness (QED) is 0.466. The first kappa shape index (κ1) is 13.4. The van der Waals surface area contributed by atoms with Crippen molar-refractivity contribution in [3.63, 3.8) is 0 Å². The first-order valence-electron chi connectivity index (χ1n) is 4.20. The van der Waals surface area contributed by atoms with Crippen molar-refractivity contribution in [1.82, 2.24) is 0 Å². The zero-order valence-electron chi connectivity index (χ0n) is 7.86. The molecule has 1 fully saturated rings. The van der Waals surface area contributed by atoms with E-state index >= 15 is 0 Å². The monoisotopic (exact) mass is 196 g/mol. The fraction of sp³-hybridized carbons (Fsp3) is 0.875. The van der Waals surface area contributed by atoms with Gasteiger partial charge < -0.3 is 19.7 Å². The number of aliphatic hydroxyl groups excluding tert-OH is 1. The molecule has 0 bridgehead atoms. The molecule has 0 radical (unpaired) electrons. The summed E-state index contributed by atoms with van der Waals surface area (Å²) in [5, 5.41) is 19.0. The van der Waals surface area contributed by atoms with Gasteiger partial charge in [0.25, 0.3) is 0 Å². The van der Waals surface area contributed by atoms with Crippen LogP contribution in [0, 0.1) is 0 Å². The Morgan fingerprint density at radius 1 is 1.69 bits per heavy atom. The third kappa shape index (κ3) is 4.98. The van der Waals surface area contributed by atoms with Gasteiger partial charge in [0, 0.05) is 6.61 Å². The Balaban J connectivity index is 0.00000144. The number of hydrogen-bond donors (Lipinski definition) is 1. The molecule has 1 rings (SSSR count). The van der Waals surface area contributed by atoms with Crippen LogP contribution in [0.5, 0.6) is 0 Å². The van der Waals surface area contributed by atoms with E-state index in [1.54, 1.807) is 0 Å². The van der Waals surface area contributed by atoms with Crippen LogP contribution in [0.25, 0.3) is 0 Å². The van der Waals surface area contributed by atoms with Crippen molar-refractivity contribution in [1.29, 1.82) is 0 Å². The van der Waals surface area contributed by atoms with Crippen molar-refractivity contribution in [2.24, 2.45) is 0 Å². The first-order valence-corrected chi connectivity index (χ1v) is 4.20. The van der Waals surface area contributed by atoms with Crippen molar-refractivity contribution >= 4 is 5.97 Å². The number of carbonyl (C=O) groups is 1. The van der Waals surface area contributed by atoms with Crippen molar-refractivity contribution in [2.75, 3.05) is 6.61 Å². The van der Waals surface area contributed by atoms with Crippen molar-refractivity contribution < 1.29 is 49.3 Å². The average Bonchev–Trinajstić information content (AvgIpc) is 2.51. The molecule has 1 saturated heterocycles. The SMILES string of the molecule is O=C([O-])C(O)CCC1CCCO1.[Na+]. The molecule has 0 amide bonds. The van der Waals surface area contributed by atoms with Crippen LogP contribution in [-0.4, -0.2) is 29.9 Å². The van der Waals surface area contributed by atoms with Crippen LogP contribution in [0.15, 0.2) is 0 Å². The maximum atomic E-state index is 10.1. The van der Waals surface area contributed by atoms with E-state index in [-0.39, 0.29) is 42.1 Å². The second-order valence-corrected chi connectivity index (χ2v) is 3.05. The Hall–Kier alpha value is 0.390. The Bertz CT molecular complexity index is 156. The van der Waals surface area contributed by atoms with Gasteiger partial charge in [0.2, 0.25) is 0 Å². The molecule has 1 aliphatic heterocycles. The number of rotatable bonds is 4. The van der Waals surface area contributed by atoms with Crippen LogP contribution in [0.4, 0.5) is 0 Å². The zero-order valence-corrected chi connectivity index (χ0v) is 9.86. The van der Waals surface area contributed by atoms with E-state index in [1.165, 1.54) is 0 Å². The summed E-state index contributed by atoms with van der Waals surface area (Å²) < 4.78 is 5.26. The Morgan fingerprint density at radius 2 is 2.38 bits per heavy atom. The largest absolute Gasteiger partial charge is 1.00 e. The molecule has 70 valence electrons. The summed E-state index contributed by atoms with van der Waals surface area (Å²) in [6.45, 7) is 0.756. The number of hydrogen-bond acceptors (Lipinski definition) is 4. The summed E-state index contributed by atoms with van der Waals surface area (Å²) in [4.78, 5) is 10.1. The van der Waals surface area contributed by atoms with E-state index in [4.69, 9.17) is 9.84 Å². The molecule has 4 nitrogen and oxygen atoms in total. The maximum absolute atomic E-state index is 10.1. The van der Waals surface area contributed by atoms with Gasteiger partial charge >= 0.3 is 29.6 Å². The Kier molecular flexibility index (Phi) is 6.99. The molecule has 0 aromatic heterocycles. The van der Waals surface area contributed by atoms with Gasteiger partial charge in [-0.2, -0.15) is 0 Å². The van der Waals surface area contributed by atoms with Gasteiger partial charge in [-0.05, 0) is 25.7 Å². The summed E-state index contributed by atoms with van der Waals surface area (Å²) in [6, 6.07) is 0. The first-order chi connectivity index (χ1) is 5.70. The molecule has 0 aromatic rings. The maximum Gasteiger partial charge on any atom is 1.00 e. The number of aliphatic hydroxyl groups is 1. The molecular formula is C8H13NaO4. The molecule has 1 heterocycles. The number of ether oxygens (including phenoxy) is 1. The zero-order chi connectivity index (χ0) is 8.97. The van der Waals surface area contributed by atoms with Crippen molar-refractivity contribution in [2.45, 2.75) is 37.9 Å². The molecule has 1 aliphatic rings. The smallest absolute Gasteiger partial charge is 0.547 e. The molecule has 13 heavy (non-hydrogen) atoms. The number of carboxylic acid groups (broad SMARTS) is 1. The second kappa shape index (κ2) is 6.79. The molecule has 5 heteroatoms. The van der Waals surface area contributed by atoms with E-state index in [1.807, 2.05) is 0 Å². The van der Waals surface area contributed by atoms with Gasteiger partial charge in [-0.3, -0.25) is 0 Å². The van der Waals surface area contributed by atoms with Gasteiger partial charge in [0.05, 0.1) is 18.2 Å². The van der Waals surface area contributed by atoms with E-state index in [0.29, 0.717) is 6.42 Å². The molecule has 0 saturated carbocycles. The van der Waals surface area contributed by atoms with Crippen molar-refractivity contribution in [3.8, 4) is 0 Å². The molecule has 1 N–H and O–H groups in total. The van der Waals surface area contributed by atoms with Gasteiger partial charge in [0.1, 0.15) is 0 Å². The molecule has 0 aromatic carbocycles. The van der Waals surface area contributed by atoms with Crippen molar-refractivity contribution in [3.05, 3.63) is 0 Å². The normalized spacial score (nSPS) is 23.6. The van der Waals surface area contributed by atoms with E-state index in [2.05, 4.69) is 0 Å². The molecule has 0 aliphatic carbocycles. The van der Waals surface area contributed by atoms with Gasteiger partial charge in [-0.25, -0.2) is 0 Å². The molecule has 2 atom stereocenters. The van der Waals surface area contributed by atoms with Gasteiger partial charge in [0.15, 0.2) is 0 Å². The average molecular weight is 196 g/mol. The van der Waals surface area contributed by atoms with Crippen LogP contribution in [0.1, 0.15) is 25.7 Å². The summed E-state index contributed by atoms with van der Waals surface area (Å²) >= 11 is 0. The van der Waals surface area contributed by atoms with Crippen LogP contribution in [0.2, 0.25) is 0 Å². The summed E-state index contributed by atoms with van der Waals surface area (Å²) in [6.07, 6.45) is 1.64. The summed E-state index contributed by atoms with van der Waals surface area (Å²) in [5.41, 5.74) is 0. The summed E-state index contributed by atoms with van der Waals surface area (Å²) in [5.74, 6) is -1.40. The van der Waals surface area contributed by atoms with Gasteiger partial charge in [-0.15, -0.1) is 0 Å². The fourth-order valence-corrected chi connectivity index (χ4v) is 1.33. The number of aliphatic carboxylic acids is 1. The van der Waals surface area contributed by atoms with E-state index in [9.17, 15) is 9.90 Å². The topological polar surface area (TPSA) is 69.6 Å². The predicted octanol–water partition coefficient (Wildman–Crippen LogP) is -3.94. The Morgan fingerprint density at radius 3 is 2.85 bits per heavy atom. The predicted molar refractivity (Wildman–Crippen MR) is 39.2 cm³/mol. The third-order valence-electron chi connectivity index (χ3n) is 2.06. The summed E-state index contributed by atoms with van der Waals surface area (Å²) in [7, 11) is 0. The van der Waals surface area contributed by atoms with Gasteiger partial charge in [-0.1, -0.05) is 0 Å². The van der Waals surface area contributed by atoms with Crippen LogP contribution in [0.3, 0.4) is 0 Å². The minimum Gasteiger partial charge on any atom is -0.547 e. The van der Waals surface area contributed by atoms with E-state index in [0.717, 1.165) is 19.4 Å². The van der Waals surface area contributed by atoms with Crippen LogP contribution < -0.4 is 34.7 Å². The number of carboxylic acids is 1. The fourth-order valence-electron chi connectivity index (χ4n) is 1.33. The van der Waals surface area contributed by atoms with Crippen LogP contribution >= 0.6 is 0 Å².